The molecule has 0 aliphatic rings. The second-order valence-electron chi connectivity index (χ2n) is 2.94. The Balaban J connectivity index is 2.61. The average molecular weight is 226 g/mol. The standard InChI is InChI=1S/C10H14N2O2S/c1-2-3-4-8-12-15(13,14)10-6-5-7-11-9-10/h2-3,5-7,9,12H,4,8H2,1H3/b3-2+. The first-order valence-electron chi connectivity index (χ1n) is 4.67. The van der Waals surface area contributed by atoms with Gasteiger partial charge in [0.05, 0.1) is 0 Å². The molecular weight excluding hydrogens is 212 g/mol. The lowest BCUT2D eigenvalue weighted by Crippen LogP contribution is -2.24. The fourth-order valence-corrected chi connectivity index (χ4v) is 2.04. The van der Waals surface area contributed by atoms with E-state index in [4.69, 9.17) is 0 Å². The zero-order valence-electron chi connectivity index (χ0n) is 8.55. The number of sulfonamides is 1. The molecule has 1 aromatic heterocycles. The monoisotopic (exact) mass is 226 g/mol. The summed E-state index contributed by atoms with van der Waals surface area (Å²) in [6.45, 7) is 2.30. The number of nitrogens with one attached hydrogen (secondary N) is 1. The van der Waals surface area contributed by atoms with Crippen LogP contribution in [0.4, 0.5) is 0 Å². The summed E-state index contributed by atoms with van der Waals surface area (Å²) in [6.07, 6.45) is 7.36. The molecule has 1 rings (SSSR count). The molecule has 0 fully saturated rings. The molecule has 0 amide bonds. The van der Waals surface area contributed by atoms with Gasteiger partial charge in [-0.3, -0.25) is 4.98 Å². The minimum absolute atomic E-state index is 0.200. The van der Waals surface area contributed by atoms with Crippen molar-refractivity contribution in [2.24, 2.45) is 0 Å². The fraction of sp³-hybridized carbons (Fsp3) is 0.300. The van der Waals surface area contributed by atoms with Gasteiger partial charge in [-0.15, -0.1) is 0 Å². The lowest BCUT2D eigenvalue weighted by atomic mass is 10.4. The third-order valence-electron chi connectivity index (χ3n) is 1.78. The van der Waals surface area contributed by atoms with Crippen molar-refractivity contribution in [1.82, 2.24) is 9.71 Å². The van der Waals surface area contributed by atoms with Crippen molar-refractivity contribution in [3.8, 4) is 0 Å². The molecule has 0 atom stereocenters. The summed E-state index contributed by atoms with van der Waals surface area (Å²) in [6, 6.07) is 3.12. The second-order valence-corrected chi connectivity index (χ2v) is 4.71. The Morgan fingerprint density at radius 3 is 2.93 bits per heavy atom. The van der Waals surface area contributed by atoms with Crippen LogP contribution >= 0.6 is 0 Å². The molecule has 0 aromatic carbocycles. The molecule has 1 heterocycles. The van der Waals surface area contributed by atoms with E-state index >= 15 is 0 Å². The van der Waals surface area contributed by atoms with Gasteiger partial charge in [0.2, 0.25) is 10.0 Å². The van der Waals surface area contributed by atoms with Crippen molar-refractivity contribution in [2.45, 2.75) is 18.2 Å². The third kappa shape index (κ3) is 3.81. The topological polar surface area (TPSA) is 59.1 Å². The highest BCUT2D eigenvalue weighted by Gasteiger charge is 2.11. The maximum absolute atomic E-state index is 11.6. The fourth-order valence-electron chi connectivity index (χ4n) is 1.03. The van der Waals surface area contributed by atoms with Gasteiger partial charge in [0.1, 0.15) is 4.90 Å². The highest BCUT2D eigenvalue weighted by molar-refractivity contribution is 7.89. The summed E-state index contributed by atoms with van der Waals surface area (Å²) in [7, 11) is -3.39. The van der Waals surface area contributed by atoms with Gasteiger partial charge in [0.25, 0.3) is 0 Å². The smallest absolute Gasteiger partial charge is 0.242 e. The van der Waals surface area contributed by atoms with Gasteiger partial charge in [0.15, 0.2) is 0 Å². The molecule has 0 saturated carbocycles. The maximum atomic E-state index is 11.6. The molecule has 0 bridgehead atoms. The summed E-state index contributed by atoms with van der Waals surface area (Å²) in [4.78, 5) is 3.96. The van der Waals surface area contributed by atoms with Gasteiger partial charge < -0.3 is 0 Å². The van der Waals surface area contributed by atoms with Crippen molar-refractivity contribution in [1.29, 1.82) is 0 Å². The van der Waals surface area contributed by atoms with E-state index in [0.717, 1.165) is 0 Å². The van der Waals surface area contributed by atoms with Crippen LogP contribution in [-0.4, -0.2) is 19.9 Å². The van der Waals surface area contributed by atoms with E-state index in [9.17, 15) is 8.42 Å². The highest BCUT2D eigenvalue weighted by Crippen LogP contribution is 2.04. The molecule has 15 heavy (non-hydrogen) atoms. The summed E-state index contributed by atoms with van der Waals surface area (Å²) < 4.78 is 25.7. The predicted molar refractivity (Wildman–Crippen MR) is 58.9 cm³/mol. The van der Waals surface area contributed by atoms with Crippen LogP contribution < -0.4 is 4.72 Å². The molecule has 0 saturated heterocycles. The normalized spacial score (nSPS) is 12.1. The Kier molecular flexibility index (Phi) is 4.45. The van der Waals surface area contributed by atoms with Crippen molar-refractivity contribution in [2.75, 3.05) is 6.54 Å². The number of rotatable bonds is 5. The predicted octanol–water partition coefficient (Wildman–Crippen LogP) is 1.33. The summed E-state index contributed by atoms with van der Waals surface area (Å²) in [5, 5.41) is 0. The molecule has 0 aliphatic heterocycles. The van der Waals surface area contributed by atoms with Crippen LogP contribution in [-0.2, 0) is 10.0 Å². The van der Waals surface area contributed by atoms with Crippen LogP contribution in [0.1, 0.15) is 13.3 Å². The third-order valence-corrected chi connectivity index (χ3v) is 3.23. The molecule has 0 unspecified atom stereocenters. The zero-order valence-corrected chi connectivity index (χ0v) is 9.37. The molecule has 5 heteroatoms. The number of hydrogen-bond donors (Lipinski definition) is 1. The van der Waals surface area contributed by atoms with Gasteiger partial charge in [-0.2, -0.15) is 0 Å². The largest absolute Gasteiger partial charge is 0.263 e. The van der Waals surface area contributed by atoms with Crippen LogP contribution in [0.25, 0.3) is 0 Å². The number of aromatic nitrogens is 1. The zero-order chi connectivity index (χ0) is 11.1. The van der Waals surface area contributed by atoms with Crippen molar-refractivity contribution in [3.63, 3.8) is 0 Å². The number of allylic oxidation sites excluding steroid dienone is 1. The SMILES string of the molecule is C/C=C/CCNS(=O)(=O)c1cccnc1. The Morgan fingerprint density at radius 2 is 2.33 bits per heavy atom. The molecule has 0 radical (unpaired) electrons. The number of pyridine rings is 1. The van der Waals surface area contributed by atoms with Gasteiger partial charge in [-0.1, -0.05) is 12.2 Å². The molecule has 0 spiro atoms. The summed E-state index contributed by atoms with van der Waals surface area (Å²) in [5.41, 5.74) is 0. The summed E-state index contributed by atoms with van der Waals surface area (Å²) >= 11 is 0. The first-order valence-corrected chi connectivity index (χ1v) is 6.16. The maximum Gasteiger partial charge on any atom is 0.242 e. The minimum atomic E-state index is -3.39. The van der Waals surface area contributed by atoms with Crippen LogP contribution in [0.3, 0.4) is 0 Å². The van der Waals surface area contributed by atoms with Crippen LogP contribution in [0.5, 0.6) is 0 Å². The van der Waals surface area contributed by atoms with Crippen molar-refractivity contribution < 1.29 is 8.42 Å². The molecule has 82 valence electrons. The lowest BCUT2D eigenvalue weighted by molar-refractivity contribution is 0.581. The van der Waals surface area contributed by atoms with Gasteiger partial charge in [0, 0.05) is 18.9 Å². The Hall–Kier alpha value is -1.20. The van der Waals surface area contributed by atoms with Crippen molar-refractivity contribution >= 4 is 10.0 Å². The lowest BCUT2D eigenvalue weighted by Gasteiger charge is -2.04. The molecule has 1 aromatic rings. The average Bonchev–Trinajstić information content (AvgIpc) is 2.26. The molecule has 0 aliphatic carbocycles. The molecule has 1 N–H and O–H groups in total. The quantitative estimate of drug-likeness (QED) is 0.608. The highest BCUT2D eigenvalue weighted by atomic mass is 32.2. The Morgan fingerprint density at radius 1 is 1.53 bits per heavy atom. The van der Waals surface area contributed by atoms with Gasteiger partial charge in [-0.25, -0.2) is 13.1 Å². The minimum Gasteiger partial charge on any atom is -0.263 e. The Bertz CT molecular complexity index is 412. The first-order chi connectivity index (χ1) is 7.17. The van der Waals surface area contributed by atoms with Gasteiger partial charge >= 0.3 is 0 Å². The first kappa shape index (κ1) is 11.9. The van der Waals surface area contributed by atoms with Crippen LogP contribution in [0.2, 0.25) is 0 Å². The van der Waals surface area contributed by atoms with Crippen LogP contribution in [0.15, 0.2) is 41.6 Å². The Labute approximate surface area is 90.1 Å². The van der Waals surface area contributed by atoms with E-state index in [0.29, 0.717) is 13.0 Å². The number of nitrogens with zero attached hydrogens (tertiary/aromatic N) is 1. The van der Waals surface area contributed by atoms with E-state index in [-0.39, 0.29) is 4.90 Å². The number of hydrogen-bond acceptors (Lipinski definition) is 3. The second kappa shape index (κ2) is 5.63. The van der Waals surface area contributed by atoms with E-state index in [1.54, 1.807) is 12.3 Å². The van der Waals surface area contributed by atoms with Crippen molar-refractivity contribution in [3.05, 3.63) is 36.7 Å². The molecule has 4 nitrogen and oxygen atoms in total. The molecular formula is C10H14N2O2S. The van der Waals surface area contributed by atoms with Gasteiger partial charge in [-0.05, 0) is 25.5 Å². The van der Waals surface area contributed by atoms with E-state index in [1.807, 2.05) is 19.1 Å². The van der Waals surface area contributed by atoms with E-state index in [2.05, 4.69) is 9.71 Å². The summed E-state index contributed by atoms with van der Waals surface area (Å²) in [5.74, 6) is 0. The van der Waals surface area contributed by atoms with Crippen LogP contribution in [0, 0.1) is 0 Å². The van der Waals surface area contributed by atoms with E-state index in [1.165, 1.54) is 12.3 Å². The van der Waals surface area contributed by atoms with E-state index < -0.39 is 10.0 Å².